The molecule has 1 aromatic heterocycles. The molecule has 0 aliphatic carbocycles. The number of nitrogens with one attached hydrogen (secondary N) is 2. The summed E-state index contributed by atoms with van der Waals surface area (Å²) in [6.45, 7) is 3.89. The summed E-state index contributed by atoms with van der Waals surface area (Å²) < 4.78 is 14.7. The lowest BCUT2D eigenvalue weighted by Crippen LogP contribution is -2.28. The second kappa shape index (κ2) is 5.93. The minimum atomic E-state index is -0.257. The van der Waals surface area contributed by atoms with Gasteiger partial charge in [-0.3, -0.25) is 5.10 Å². The Morgan fingerprint density at radius 3 is 2.95 bits per heavy atom. The van der Waals surface area contributed by atoms with Crippen LogP contribution in [-0.4, -0.2) is 36.4 Å². The molecule has 2 N–H and O–H groups in total. The molecule has 2 heterocycles. The van der Waals surface area contributed by atoms with Gasteiger partial charge in [0.15, 0.2) is 5.82 Å². The molecule has 0 atom stereocenters. The third-order valence-corrected chi connectivity index (χ3v) is 3.94. The summed E-state index contributed by atoms with van der Waals surface area (Å²) >= 11 is 3.26. The van der Waals surface area contributed by atoms with Crippen LogP contribution in [0.25, 0.3) is 11.3 Å². The highest BCUT2D eigenvalue weighted by Gasteiger charge is 2.14. The second-order valence-electron chi connectivity index (χ2n) is 4.85. The minimum absolute atomic E-state index is 0.257. The fourth-order valence-corrected chi connectivity index (χ4v) is 2.73. The fraction of sp³-hybridized carbons (Fsp3) is 0.357. The van der Waals surface area contributed by atoms with E-state index in [1.807, 2.05) is 12.1 Å². The first kappa shape index (κ1) is 13.6. The van der Waals surface area contributed by atoms with Crippen molar-refractivity contribution in [3.63, 3.8) is 0 Å². The van der Waals surface area contributed by atoms with E-state index in [0.29, 0.717) is 11.3 Å². The minimum Gasteiger partial charge on any atom is -0.354 e. The molecule has 2 aromatic rings. The van der Waals surface area contributed by atoms with Crippen LogP contribution in [0.15, 0.2) is 28.7 Å². The van der Waals surface area contributed by atoms with Gasteiger partial charge in [0, 0.05) is 35.7 Å². The van der Waals surface area contributed by atoms with Crippen LogP contribution in [0.5, 0.6) is 0 Å². The summed E-state index contributed by atoms with van der Waals surface area (Å²) in [6, 6.07) is 6.96. The van der Waals surface area contributed by atoms with Crippen molar-refractivity contribution in [3.05, 3.63) is 34.6 Å². The molecule has 1 aromatic carbocycles. The Labute approximate surface area is 125 Å². The molecule has 1 fully saturated rings. The van der Waals surface area contributed by atoms with E-state index in [-0.39, 0.29) is 5.82 Å². The lowest BCUT2D eigenvalue weighted by Gasteiger charge is -2.18. The van der Waals surface area contributed by atoms with Gasteiger partial charge < -0.3 is 10.2 Å². The van der Waals surface area contributed by atoms with Crippen molar-refractivity contribution in [2.24, 2.45) is 0 Å². The van der Waals surface area contributed by atoms with E-state index >= 15 is 0 Å². The number of benzene rings is 1. The SMILES string of the molecule is Fc1cc(Br)ccc1-c1cc(N2CCCNCC2)n[nH]1. The Kier molecular flexibility index (Phi) is 4.03. The highest BCUT2D eigenvalue weighted by atomic mass is 79.9. The monoisotopic (exact) mass is 338 g/mol. The van der Waals surface area contributed by atoms with Gasteiger partial charge >= 0.3 is 0 Å². The third-order valence-electron chi connectivity index (χ3n) is 3.45. The molecule has 0 spiro atoms. The summed E-state index contributed by atoms with van der Waals surface area (Å²) in [4.78, 5) is 2.22. The van der Waals surface area contributed by atoms with Crippen LogP contribution < -0.4 is 10.2 Å². The summed E-state index contributed by atoms with van der Waals surface area (Å²) in [7, 11) is 0. The first-order chi connectivity index (χ1) is 9.74. The van der Waals surface area contributed by atoms with E-state index in [2.05, 4.69) is 36.3 Å². The van der Waals surface area contributed by atoms with E-state index in [1.54, 1.807) is 6.07 Å². The van der Waals surface area contributed by atoms with Crippen LogP contribution in [-0.2, 0) is 0 Å². The summed E-state index contributed by atoms with van der Waals surface area (Å²) in [5.41, 5.74) is 1.25. The van der Waals surface area contributed by atoms with Crippen LogP contribution in [0.1, 0.15) is 6.42 Å². The molecule has 1 aliphatic rings. The number of aromatic nitrogens is 2. The molecule has 20 heavy (non-hydrogen) atoms. The number of H-pyrrole nitrogens is 1. The van der Waals surface area contributed by atoms with Gasteiger partial charge in [0.2, 0.25) is 0 Å². The van der Waals surface area contributed by atoms with Crippen LogP contribution in [0.4, 0.5) is 10.2 Å². The van der Waals surface area contributed by atoms with Gasteiger partial charge in [0.1, 0.15) is 5.82 Å². The lowest BCUT2D eigenvalue weighted by molar-refractivity contribution is 0.630. The molecule has 0 amide bonds. The highest BCUT2D eigenvalue weighted by Crippen LogP contribution is 2.26. The van der Waals surface area contributed by atoms with Crippen LogP contribution in [0, 0.1) is 5.82 Å². The molecule has 1 aliphatic heterocycles. The number of halogens is 2. The standard InChI is InChI=1S/C14H16BrFN4/c15-10-2-3-11(12(16)8-10)13-9-14(19-18-13)20-6-1-4-17-5-7-20/h2-3,8-9,17H,1,4-7H2,(H,18,19). The number of aromatic amines is 1. The Balaban J connectivity index is 1.85. The summed E-state index contributed by atoms with van der Waals surface area (Å²) in [5, 5.41) is 10.6. The normalized spacial score (nSPS) is 16.2. The van der Waals surface area contributed by atoms with Crippen LogP contribution >= 0.6 is 15.9 Å². The zero-order valence-corrected chi connectivity index (χ0v) is 12.6. The molecule has 0 bridgehead atoms. The van der Waals surface area contributed by atoms with Crippen molar-refractivity contribution in [1.82, 2.24) is 15.5 Å². The molecular formula is C14H16BrFN4. The number of hydrogen-bond donors (Lipinski definition) is 2. The largest absolute Gasteiger partial charge is 0.354 e. The number of nitrogens with zero attached hydrogens (tertiary/aromatic N) is 2. The van der Waals surface area contributed by atoms with Gasteiger partial charge in [-0.1, -0.05) is 15.9 Å². The first-order valence-corrected chi connectivity index (χ1v) is 7.50. The van der Waals surface area contributed by atoms with Gasteiger partial charge in [-0.05, 0) is 31.2 Å². The second-order valence-corrected chi connectivity index (χ2v) is 5.77. The molecule has 0 unspecified atom stereocenters. The van der Waals surface area contributed by atoms with Gasteiger partial charge in [-0.15, -0.1) is 0 Å². The Bertz CT molecular complexity index is 591. The topological polar surface area (TPSA) is 44.0 Å². The Hall–Kier alpha value is -1.40. The summed E-state index contributed by atoms with van der Waals surface area (Å²) in [5.74, 6) is 0.623. The predicted octanol–water partition coefficient (Wildman–Crippen LogP) is 2.78. The number of hydrogen-bond acceptors (Lipinski definition) is 3. The van der Waals surface area contributed by atoms with E-state index in [0.717, 1.165) is 42.9 Å². The van der Waals surface area contributed by atoms with Crippen molar-refractivity contribution in [3.8, 4) is 11.3 Å². The molecule has 6 heteroatoms. The van der Waals surface area contributed by atoms with Crippen molar-refractivity contribution in [2.75, 3.05) is 31.1 Å². The Morgan fingerprint density at radius 1 is 1.20 bits per heavy atom. The van der Waals surface area contributed by atoms with E-state index in [9.17, 15) is 4.39 Å². The van der Waals surface area contributed by atoms with E-state index < -0.39 is 0 Å². The molecule has 3 rings (SSSR count). The van der Waals surface area contributed by atoms with Crippen molar-refractivity contribution < 1.29 is 4.39 Å². The van der Waals surface area contributed by atoms with Gasteiger partial charge in [0.25, 0.3) is 0 Å². The average Bonchev–Trinajstić information content (AvgIpc) is 2.74. The van der Waals surface area contributed by atoms with Gasteiger partial charge in [0.05, 0.1) is 5.69 Å². The van der Waals surface area contributed by atoms with E-state index in [4.69, 9.17) is 0 Å². The molecule has 0 saturated carbocycles. The summed E-state index contributed by atoms with van der Waals surface area (Å²) in [6.07, 6.45) is 1.09. The fourth-order valence-electron chi connectivity index (χ4n) is 2.39. The van der Waals surface area contributed by atoms with Crippen molar-refractivity contribution in [2.45, 2.75) is 6.42 Å². The quantitative estimate of drug-likeness (QED) is 0.884. The average molecular weight is 339 g/mol. The molecule has 1 saturated heterocycles. The van der Waals surface area contributed by atoms with Crippen molar-refractivity contribution >= 4 is 21.7 Å². The third kappa shape index (κ3) is 2.86. The number of anilines is 1. The maximum Gasteiger partial charge on any atom is 0.151 e. The predicted molar refractivity (Wildman–Crippen MR) is 81.4 cm³/mol. The molecule has 0 radical (unpaired) electrons. The maximum absolute atomic E-state index is 14.0. The zero-order chi connectivity index (χ0) is 13.9. The van der Waals surface area contributed by atoms with Gasteiger partial charge in [-0.2, -0.15) is 5.10 Å². The van der Waals surface area contributed by atoms with Crippen LogP contribution in [0.2, 0.25) is 0 Å². The zero-order valence-electron chi connectivity index (χ0n) is 11.0. The number of rotatable bonds is 2. The molecular weight excluding hydrogens is 323 g/mol. The van der Waals surface area contributed by atoms with Gasteiger partial charge in [-0.25, -0.2) is 4.39 Å². The highest BCUT2D eigenvalue weighted by molar-refractivity contribution is 9.10. The maximum atomic E-state index is 14.0. The molecule has 4 nitrogen and oxygen atoms in total. The first-order valence-electron chi connectivity index (χ1n) is 6.70. The Morgan fingerprint density at radius 2 is 2.10 bits per heavy atom. The smallest absolute Gasteiger partial charge is 0.151 e. The lowest BCUT2D eigenvalue weighted by atomic mass is 10.1. The van der Waals surface area contributed by atoms with Crippen molar-refractivity contribution in [1.29, 1.82) is 0 Å². The molecule has 106 valence electrons. The van der Waals surface area contributed by atoms with E-state index in [1.165, 1.54) is 6.07 Å². The van der Waals surface area contributed by atoms with Crippen LogP contribution in [0.3, 0.4) is 0 Å².